The number of fused-ring (bicyclic) bond motifs is 1. The molecule has 21 heavy (non-hydrogen) atoms. The van der Waals surface area contributed by atoms with Crippen molar-refractivity contribution in [1.82, 2.24) is 4.90 Å². The number of likely N-dealkylation sites (tertiary alicyclic amines) is 1. The van der Waals surface area contributed by atoms with Crippen molar-refractivity contribution in [2.75, 3.05) is 6.54 Å². The minimum absolute atomic E-state index is 0.104. The van der Waals surface area contributed by atoms with Gasteiger partial charge in [0.25, 0.3) is 5.91 Å². The van der Waals surface area contributed by atoms with Crippen LogP contribution in [-0.2, 0) is 4.79 Å². The third-order valence-corrected chi connectivity index (χ3v) is 5.23. The smallest absolute Gasteiger partial charge is 0.326 e. The average molecular weight is 308 g/mol. The fourth-order valence-electron chi connectivity index (χ4n) is 3.72. The molecule has 4 nitrogen and oxygen atoms in total. The number of carboxylic acid groups (broad SMARTS) is 1. The summed E-state index contributed by atoms with van der Waals surface area (Å²) in [4.78, 5) is 25.8. The van der Waals surface area contributed by atoms with Crippen molar-refractivity contribution in [1.29, 1.82) is 0 Å². The van der Waals surface area contributed by atoms with E-state index in [9.17, 15) is 14.7 Å². The molecular weight excluding hydrogens is 290 g/mol. The first-order valence-corrected chi connectivity index (χ1v) is 7.66. The summed E-state index contributed by atoms with van der Waals surface area (Å²) in [5.74, 6) is -0.682. The van der Waals surface area contributed by atoms with Crippen molar-refractivity contribution in [3.8, 4) is 0 Å². The zero-order valence-electron chi connectivity index (χ0n) is 11.9. The highest BCUT2D eigenvalue weighted by molar-refractivity contribution is 6.31. The van der Waals surface area contributed by atoms with Crippen LogP contribution >= 0.6 is 11.6 Å². The molecule has 1 aromatic carbocycles. The molecule has 1 N–H and O–H groups in total. The summed E-state index contributed by atoms with van der Waals surface area (Å²) >= 11 is 6.07. The van der Waals surface area contributed by atoms with E-state index in [1.165, 1.54) is 4.90 Å². The van der Waals surface area contributed by atoms with E-state index in [0.717, 1.165) is 24.8 Å². The largest absolute Gasteiger partial charge is 0.480 e. The van der Waals surface area contributed by atoms with Gasteiger partial charge < -0.3 is 10.0 Å². The fraction of sp³-hybridized carbons (Fsp3) is 0.500. The Hall–Kier alpha value is -1.55. The quantitative estimate of drug-likeness (QED) is 0.914. The lowest BCUT2D eigenvalue weighted by Crippen LogP contribution is -2.43. The fourth-order valence-corrected chi connectivity index (χ4v) is 3.90. The number of rotatable bonds is 2. The molecule has 2 fully saturated rings. The van der Waals surface area contributed by atoms with Crippen LogP contribution in [0.15, 0.2) is 18.2 Å². The van der Waals surface area contributed by atoms with E-state index in [1.54, 1.807) is 18.2 Å². The number of nitrogens with zero attached hydrogens (tertiary/aromatic N) is 1. The van der Waals surface area contributed by atoms with E-state index < -0.39 is 12.0 Å². The van der Waals surface area contributed by atoms with Crippen molar-refractivity contribution in [3.63, 3.8) is 0 Å². The Morgan fingerprint density at radius 1 is 1.33 bits per heavy atom. The van der Waals surface area contributed by atoms with Gasteiger partial charge in [0.05, 0.1) is 0 Å². The van der Waals surface area contributed by atoms with Crippen molar-refractivity contribution < 1.29 is 14.7 Å². The first-order valence-electron chi connectivity index (χ1n) is 7.29. The lowest BCUT2D eigenvalue weighted by atomic mass is 9.94. The SMILES string of the molecule is Cc1ccc(C(=O)N2CC3CCCC3C2C(=O)O)cc1Cl. The van der Waals surface area contributed by atoms with E-state index in [0.29, 0.717) is 23.0 Å². The van der Waals surface area contributed by atoms with Gasteiger partial charge in [-0.1, -0.05) is 24.1 Å². The van der Waals surface area contributed by atoms with Crippen LogP contribution in [0.2, 0.25) is 5.02 Å². The number of carboxylic acids is 1. The zero-order chi connectivity index (χ0) is 15.1. The van der Waals surface area contributed by atoms with Crippen LogP contribution in [0.25, 0.3) is 0 Å². The number of halogens is 1. The van der Waals surface area contributed by atoms with Gasteiger partial charge in [-0.05, 0) is 49.3 Å². The molecule has 1 aromatic rings. The molecule has 2 aliphatic rings. The summed E-state index contributed by atoms with van der Waals surface area (Å²) in [6, 6.07) is 4.45. The molecule has 1 saturated carbocycles. The van der Waals surface area contributed by atoms with Crippen LogP contribution in [-0.4, -0.2) is 34.5 Å². The highest BCUT2D eigenvalue weighted by atomic mass is 35.5. The van der Waals surface area contributed by atoms with Gasteiger partial charge in [-0.25, -0.2) is 4.79 Å². The van der Waals surface area contributed by atoms with E-state index in [-0.39, 0.29) is 11.8 Å². The highest BCUT2D eigenvalue weighted by Gasteiger charge is 2.49. The monoisotopic (exact) mass is 307 g/mol. The second-order valence-electron chi connectivity index (χ2n) is 6.06. The number of hydrogen-bond donors (Lipinski definition) is 1. The van der Waals surface area contributed by atoms with Crippen molar-refractivity contribution in [2.45, 2.75) is 32.2 Å². The van der Waals surface area contributed by atoms with Gasteiger partial charge >= 0.3 is 5.97 Å². The van der Waals surface area contributed by atoms with Gasteiger partial charge in [-0.2, -0.15) is 0 Å². The Labute approximate surface area is 128 Å². The standard InChI is InChI=1S/C16H18ClNO3/c1-9-5-6-10(7-13(9)17)15(19)18-8-11-3-2-4-12(11)14(18)16(20)21/h5-7,11-12,14H,2-4,8H2,1H3,(H,20,21). The molecule has 0 aromatic heterocycles. The molecule has 112 valence electrons. The van der Waals surface area contributed by atoms with Crippen molar-refractivity contribution >= 4 is 23.5 Å². The molecule has 1 aliphatic carbocycles. The summed E-state index contributed by atoms with van der Waals surface area (Å²) in [7, 11) is 0. The molecule has 0 radical (unpaired) electrons. The lowest BCUT2D eigenvalue weighted by molar-refractivity contribution is -0.142. The minimum atomic E-state index is -0.893. The normalized spacial score (nSPS) is 27.7. The topological polar surface area (TPSA) is 57.6 Å². The average Bonchev–Trinajstić information content (AvgIpc) is 3.00. The molecule has 1 heterocycles. The zero-order valence-corrected chi connectivity index (χ0v) is 12.6. The Kier molecular flexibility index (Phi) is 3.66. The van der Waals surface area contributed by atoms with Crippen LogP contribution in [0.1, 0.15) is 35.2 Å². The summed E-state index contributed by atoms with van der Waals surface area (Å²) in [5.41, 5.74) is 1.37. The number of carbonyl (C=O) groups excluding carboxylic acids is 1. The number of hydrogen-bond acceptors (Lipinski definition) is 2. The number of amides is 1. The third kappa shape index (κ3) is 2.42. The van der Waals surface area contributed by atoms with Gasteiger partial charge in [-0.15, -0.1) is 0 Å². The maximum atomic E-state index is 12.7. The van der Waals surface area contributed by atoms with Crippen molar-refractivity contribution in [3.05, 3.63) is 34.3 Å². The minimum Gasteiger partial charge on any atom is -0.480 e. The van der Waals surface area contributed by atoms with Gasteiger partial charge in [0.15, 0.2) is 0 Å². The van der Waals surface area contributed by atoms with E-state index in [1.807, 2.05) is 6.92 Å². The molecule has 3 unspecified atom stereocenters. The second-order valence-corrected chi connectivity index (χ2v) is 6.47. The van der Waals surface area contributed by atoms with E-state index in [2.05, 4.69) is 0 Å². The summed E-state index contributed by atoms with van der Waals surface area (Å²) in [6.45, 7) is 2.42. The van der Waals surface area contributed by atoms with E-state index in [4.69, 9.17) is 11.6 Å². The summed E-state index contributed by atoms with van der Waals surface area (Å²) in [6.07, 6.45) is 2.99. The maximum Gasteiger partial charge on any atom is 0.326 e. The lowest BCUT2D eigenvalue weighted by Gasteiger charge is -2.24. The van der Waals surface area contributed by atoms with Crippen molar-refractivity contribution in [2.24, 2.45) is 11.8 Å². The summed E-state index contributed by atoms with van der Waals surface area (Å²) < 4.78 is 0. The molecule has 3 atom stereocenters. The Morgan fingerprint density at radius 3 is 2.76 bits per heavy atom. The molecule has 1 saturated heterocycles. The maximum absolute atomic E-state index is 12.7. The highest BCUT2D eigenvalue weighted by Crippen LogP contribution is 2.42. The van der Waals surface area contributed by atoms with Crippen LogP contribution in [0.3, 0.4) is 0 Å². The third-order valence-electron chi connectivity index (χ3n) is 4.82. The molecule has 0 bridgehead atoms. The summed E-state index contributed by atoms with van der Waals surface area (Å²) in [5, 5.41) is 10.0. The predicted molar refractivity (Wildman–Crippen MR) is 79.5 cm³/mol. The molecule has 1 amide bonds. The second kappa shape index (κ2) is 5.34. The number of aliphatic carboxylic acids is 1. The number of aryl methyl sites for hydroxylation is 1. The molecular formula is C16H18ClNO3. The Morgan fingerprint density at radius 2 is 2.10 bits per heavy atom. The van der Waals surface area contributed by atoms with Crippen LogP contribution in [0, 0.1) is 18.8 Å². The van der Waals surface area contributed by atoms with Gasteiger partial charge in [0.2, 0.25) is 0 Å². The molecule has 5 heteroatoms. The number of carbonyl (C=O) groups is 2. The Balaban J connectivity index is 1.89. The van der Waals surface area contributed by atoms with Gasteiger partial charge in [0.1, 0.15) is 6.04 Å². The number of benzene rings is 1. The first kappa shape index (κ1) is 14.4. The molecule has 0 spiro atoms. The van der Waals surface area contributed by atoms with Crippen LogP contribution in [0.4, 0.5) is 0 Å². The first-order chi connectivity index (χ1) is 9.99. The Bertz CT molecular complexity index is 601. The predicted octanol–water partition coefficient (Wildman–Crippen LogP) is 2.97. The van der Waals surface area contributed by atoms with Gasteiger partial charge in [-0.3, -0.25) is 4.79 Å². The van der Waals surface area contributed by atoms with Crippen LogP contribution in [0.5, 0.6) is 0 Å². The van der Waals surface area contributed by atoms with Gasteiger partial charge in [0, 0.05) is 17.1 Å². The molecule has 3 rings (SSSR count). The molecule has 1 aliphatic heterocycles. The van der Waals surface area contributed by atoms with E-state index >= 15 is 0 Å². The van der Waals surface area contributed by atoms with Crippen LogP contribution < -0.4 is 0 Å².